The van der Waals surface area contributed by atoms with Gasteiger partial charge < -0.3 is 9.30 Å². The van der Waals surface area contributed by atoms with Crippen LogP contribution in [-0.2, 0) is 19.4 Å². The summed E-state index contributed by atoms with van der Waals surface area (Å²) < 4.78 is 7.77. The van der Waals surface area contributed by atoms with E-state index in [1.807, 2.05) is 25.3 Å². The van der Waals surface area contributed by atoms with Gasteiger partial charge in [-0.1, -0.05) is 12.1 Å². The molecule has 1 aromatic carbocycles. The molecule has 140 valence electrons. The van der Waals surface area contributed by atoms with E-state index in [4.69, 9.17) is 9.72 Å². The first-order valence-electron chi connectivity index (χ1n) is 9.96. The minimum atomic E-state index is 0.549. The predicted molar refractivity (Wildman–Crippen MR) is 106 cm³/mol. The summed E-state index contributed by atoms with van der Waals surface area (Å²) in [5.74, 6) is 1.78. The van der Waals surface area contributed by atoms with E-state index in [1.54, 1.807) is 7.11 Å². The van der Waals surface area contributed by atoms with E-state index in [1.165, 1.54) is 53.8 Å². The number of hydrogen-bond donors (Lipinski definition) is 0. The first-order valence-corrected chi connectivity index (χ1v) is 9.96. The second kappa shape index (κ2) is 6.64. The Kier molecular flexibility index (Phi) is 4.12. The van der Waals surface area contributed by atoms with Gasteiger partial charge in [0.05, 0.1) is 24.3 Å². The smallest absolute Gasteiger partial charge is 0.126 e. The lowest BCUT2D eigenvalue weighted by atomic mass is 9.98. The van der Waals surface area contributed by atoms with Crippen LogP contribution in [0.25, 0.3) is 11.0 Å². The molecule has 1 saturated heterocycles. The number of aryl methyl sites for hydroxylation is 3. The molecule has 2 aliphatic heterocycles. The van der Waals surface area contributed by atoms with E-state index in [0.29, 0.717) is 6.04 Å². The maximum Gasteiger partial charge on any atom is 0.126 e. The third-order valence-corrected chi connectivity index (χ3v) is 6.19. The van der Waals surface area contributed by atoms with Crippen molar-refractivity contribution in [2.75, 3.05) is 20.2 Å². The van der Waals surface area contributed by atoms with Crippen molar-refractivity contribution >= 4 is 11.0 Å². The molecule has 5 nitrogen and oxygen atoms in total. The largest absolute Gasteiger partial charge is 0.497 e. The summed E-state index contributed by atoms with van der Waals surface area (Å²) in [6, 6.07) is 8.96. The fourth-order valence-corrected chi connectivity index (χ4v) is 4.87. The molecule has 0 bridgehead atoms. The van der Waals surface area contributed by atoms with Crippen LogP contribution in [-0.4, -0.2) is 39.6 Å². The molecule has 5 heteroatoms. The van der Waals surface area contributed by atoms with Crippen LogP contribution in [0.3, 0.4) is 0 Å². The number of benzene rings is 1. The highest BCUT2D eigenvalue weighted by Crippen LogP contribution is 2.42. The topological polar surface area (TPSA) is 43.2 Å². The molecule has 0 spiro atoms. The Hall–Kier alpha value is -2.40. The number of ether oxygens (including phenoxy) is 1. The minimum Gasteiger partial charge on any atom is -0.497 e. The summed E-state index contributed by atoms with van der Waals surface area (Å²) in [4.78, 5) is 12.0. The second-order valence-corrected chi connectivity index (χ2v) is 7.71. The average Bonchev–Trinajstić information content (AvgIpc) is 3.28. The van der Waals surface area contributed by atoms with Crippen molar-refractivity contribution in [3.63, 3.8) is 0 Å². The van der Waals surface area contributed by atoms with Crippen LogP contribution < -0.4 is 4.74 Å². The summed E-state index contributed by atoms with van der Waals surface area (Å²) in [7, 11) is 1.71. The van der Waals surface area contributed by atoms with Crippen LogP contribution in [0.5, 0.6) is 5.75 Å². The number of methoxy groups -OCH3 is 1. The normalized spacial score (nSPS) is 19.3. The molecule has 4 heterocycles. The fraction of sp³-hybridized carbons (Fsp3) is 0.455. The molecule has 0 aliphatic carbocycles. The minimum absolute atomic E-state index is 0.549. The van der Waals surface area contributed by atoms with E-state index >= 15 is 0 Å². The van der Waals surface area contributed by atoms with E-state index in [9.17, 15) is 0 Å². The molecule has 2 aliphatic rings. The number of aromatic nitrogens is 3. The van der Waals surface area contributed by atoms with Crippen LogP contribution in [0.1, 0.15) is 41.5 Å². The molecule has 0 saturated carbocycles. The monoisotopic (exact) mass is 362 g/mol. The van der Waals surface area contributed by atoms with Gasteiger partial charge in [-0.2, -0.15) is 0 Å². The first kappa shape index (κ1) is 16.8. The van der Waals surface area contributed by atoms with Gasteiger partial charge in [-0.3, -0.25) is 4.90 Å². The number of fused-ring (bicyclic) bond motifs is 5. The molecule has 0 amide bonds. The SMILES string of the molecule is COc1ccc(CCn2c3c(c4nc(C)ncc42)C2CCCN2CC3)cc1. The molecule has 3 aromatic rings. The highest BCUT2D eigenvalue weighted by molar-refractivity contribution is 5.82. The maximum atomic E-state index is 5.28. The Morgan fingerprint density at radius 2 is 2.04 bits per heavy atom. The molecule has 27 heavy (non-hydrogen) atoms. The van der Waals surface area contributed by atoms with Gasteiger partial charge in [0.2, 0.25) is 0 Å². The Morgan fingerprint density at radius 1 is 1.19 bits per heavy atom. The van der Waals surface area contributed by atoms with Gasteiger partial charge in [0.1, 0.15) is 11.6 Å². The summed E-state index contributed by atoms with van der Waals surface area (Å²) in [6.07, 6.45) is 6.70. The molecule has 1 fully saturated rings. The molecule has 1 unspecified atom stereocenters. The van der Waals surface area contributed by atoms with Gasteiger partial charge in [-0.15, -0.1) is 0 Å². The second-order valence-electron chi connectivity index (χ2n) is 7.71. The highest BCUT2D eigenvalue weighted by atomic mass is 16.5. The van der Waals surface area contributed by atoms with Crippen molar-refractivity contribution in [2.24, 2.45) is 0 Å². The van der Waals surface area contributed by atoms with Crippen molar-refractivity contribution in [3.8, 4) is 5.75 Å². The van der Waals surface area contributed by atoms with Gasteiger partial charge in [0.25, 0.3) is 0 Å². The first-order chi connectivity index (χ1) is 13.2. The average molecular weight is 362 g/mol. The molecular weight excluding hydrogens is 336 g/mol. The molecular formula is C22H26N4O. The van der Waals surface area contributed by atoms with Crippen LogP contribution in [0.2, 0.25) is 0 Å². The maximum absolute atomic E-state index is 5.28. The Morgan fingerprint density at radius 3 is 2.85 bits per heavy atom. The van der Waals surface area contributed by atoms with Crippen molar-refractivity contribution < 1.29 is 4.74 Å². The van der Waals surface area contributed by atoms with Gasteiger partial charge in [0, 0.05) is 36.8 Å². The Labute approximate surface area is 160 Å². The quantitative estimate of drug-likeness (QED) is 0.710. The zero-order chi connectivity index (χ0) is 18.4. The van der Waals surface area contributed by atoms with Crippen molar-refractivity contribution in [2.45, 2.75) is 45.2 Å². The summed E-state index contributed by atoms with van der Waals surface area (Å²) >= 11 is 0. The lowest BCUT2D eigenvalue weighted by Crippen LogP contribution is -2.31. The number of nitrogens with zero attached hydrogens (tertiary/aromatic N) is 4. The van der Waals surface area contributed by atoms with Gasteiger partial charge in [-0.05, 0) is 50.4 Å². The zero-order valence-electron chi connectivity index (χ0n) is 16.1. The van der Waals surface area contributed by atoms with Crippen LogP contribution in [0, 0.1) is 6.92 Å². The van der Waals surface area contributed by atoms with Gasteiger partial charge >= 0.3 is 0 Å². The van der Waals surface area contributed by atoms with E-state index in [0.717, 1.165) is 31.0 Å². The highest BCUT2D eigenvalue weighted by Gasteiger charge is 2.35. The van der Waals surface area contributed by atoms with E-state index in [-0.39, 0.29) is 0 Å². The van der Waals surface area contributed by atoms with Crippen molar-refractivity contribution in [1.29, 1.82) is 0 Å². The number of rotatable bonds is 4. The van der Waals surface area contributed by atoms with Crippen molar-refractivity contribution in [3.05, 3.63) is 53.1 Å². The third-order valence-electron chi connectivity index (χ3n) is 6.19. The van der Waals surface area contributed by atoms with Crippen LogP contribution in [0.4, 0.5) is 0 Å². The zero-order valence-corrected chi connectivity index (χ0v) is 16.1. The molecule has 0 N–H and O–H groups in total. The summed E-state index contributed by atoms with van der Waals surface area (Å²) in [5.41, 5.74) is 6.69. The predicted octanol–water partition coefficient (Wildman–Crippen LogP) is 3.68. The standard InChI is InChI=1S/C22H26N4O/c1-15-23-14-20-22(24-15)21-18-4-3-11-25(18)12-10-19(21)26(20)13-9-16-5-7-17(27-2)8-6-16/h5-8,14,18H,3-4,9-13H2,1-2H3. The third kappa shape index (κ3) is 2.81. The number of hydrogen-bond acceptors (Lipinski definition) is 4. The molecule has 5 rings (SSSR count). The van der Waals surface area contributed by atoms with Crippen molar-refractivity contribution in [1.82, 2.24) is 19.4 Å². The molecule has 1 atom stereocenters. The lowest BCUT2D eigenvalue weighted by Gasteiger charge is -2.30. The lowest BCUT2D eigenvalue weighted by molar-refractivity contribution is 0.241. The van der Waals surface area contributed by atoms with Crippen LogP contribution >= 0.6 is 0 Å². The Bertz CT molecular complexity index is 976. The molecule has 0 radical (unpaired) electrons. The van der Waals surface area contributed by atoms with E-state index < -0.39 is 0 Å². The summed E-state index contributed by atoms with van der Waals surface area (Å²) in [6.45, 7) is 5.36. The van der Waals surface area contributed by atoms with Gasteiger partial charge in [-0.25, -0.2) is 9.97 Å². The Balaban J connectivity index is 1.53. The summed E-state index contributed by atoms with van der Waals surface area (Å²) in [5, 5.41) is 0. The van der Waals surface area contributed by atoms with Crippen LogP contribution in [0.15, 0.2) is 30.5 Å². The molecule has 2 aromatic heterocycles. The fourth-order valence-electron chi connectivity index (χ4n) is 4.87. The van der Waals surface area contributed by atoms with Gasteiger partial charge in [0.15, 0.2) is 0 Å². The van der Waals surface area contributed by atoms with E-state index in [2.05, 4.69) is 26.6 Å².